The summed E-state index contributed by atoms with van der Waals surface area (Å²) >= 11 is 1.69. The number of nitrogens with zero attached hydrogens (tertiary/aromatic N) is 2. The number of halogens is 1. The molecule has 0 radical (unpaired) electrons. The predicted molar refractivity (Wildman–Crippen MR) is 95.5 cm³/mol. The Hall–Kier alpha value is -2.60. The Labute approximate surface area is 149 Å². The molecule has 0 bridgehead atoms. The zero-order valence-electron chi connectivity index (χ0n) is 13.4. The van der Waals surface area contributed by atoms with E-state index in [1.165, 1.54) is 12.1 Å². The lowest BCUT2D eigenvalue weighted by Crippen LogP contribution is -2.32. The van der Waals surface area contributed by atoms with Crippen LogP contribution in [0.25, 0.3) is 5.69 Å². The van der Waals surface area contributed by atoms with Gasteiger partial charge in [-0.1, -0.05) is 18.2 Å². The number of rotatable bonds is 3. The van der Waals surface area contributed by atoms with Crippen LogP contribution in [0.3, 0.4) is 0 Å². The van der Waals surface area contributed by atoms with Crippen LogP contribution in [0, 0.1) is 5.82 Å². The van der Waals surface area contributed by atoms with Gasteiger partial charge in [-0.05, 0) is 42.3 Å². The molecule has 6 heteroatoms. The number of imidazole rings is 1. The monoisotopic (exact) mass is 353 g/mol. The fourth-order valence-corrected chi connectivity index (χ4v) is 4.11. The Bertz CT molecular complexity index is 910. The van der Waals surface area contributed by atoms with E-state index in [2.05, 4.69) is 10.3 Å². The van der Waals surface area contributed by atoms with Crippen LogP contribution >= 0.6 is 11.8 Å². The van der Waals surface area contributed by atoms with Crippen LogP contribution in [-0.4, -0.2) is 21.2 Å². The number of carbonyl (C=O) groups is 1. The van der Waals surface area contributed by atoms with Crippen molar-refractivity contribution in [3.8, 4) is 5.69 Å². The van der Waals surface area contributed by atoms with Crippen molar-refractivity contribution >= 4 is 17.7 Å². The highest BCUT2D eigenvalue weighted by molar-refractivity contribution is 7.99. The van der Waals surface area contributed by atoms with Crippen molar-refractivity contribution in [2.24, 2.45) is 0 Å². The van der Waals surface area contributed by atoms with Crippen LogP contribution in [-0.2, 0) is 0 Å². The van der Waals surface area contributed by atoms with Crippen LogP contribution in [0.2, 0.25) is 0 Å². The fourth-order valence-electron chi connectivity index (χ4n) is 3.00. The molecule has 1 unspecified atom stereocenters. The van der Waals surface area contributed by atoms with Crippen molar-refractivity contribution < 1.29 is 9.18 Å². The van der Waals surface area contributed by atoms with E-state index in [4.69, 9.17) is 0 Å². The molecule has 25 heavy (non-hydrogen) atoms. The molecule has 0 aliphatic carbocycles. The number of fused-ring (bicyclic) bond motifs is 1. The van der Waals surface area contributed by atoms with Gasteiger partial charge in [-0.15, -0.1) is 11.8 Å². The summed E-state index contributed by atoms with van der Waals surface area (Å²) in [5, 5.41) is 3.04. The minimum absolute atomic E-state index is 0.196. The molecule has 126 valence electrons. The molecule has 2 aromatic carbocycles. The van der Waals surface area contributed by atoms with Crippen molar-refractivity contribution in [2.45, 2.75) is 17.4 Å². The smallest absolute Gasteiger partial charge is 0.270 e. The summed E-state index contributed by atoms with van der Waals surface area (Å²) in [5.41, 5.74) is 2.17. The Balaban J connectivity index is 1.61. The molecule has 0 fully saturated rings. The standard InChI is InChI=1S/C19H16FN3OS/c20-13-6-7-18-15(10-13)16(8-9-25-18)22-19(24)17-11-21-12-23(17)14-4-2-1-3-5-14/h1-7,10-12,16H,8-9H2,(H,22,24). The van der Waals surface area contributed by atoms with Gasteiger partial charge in [-0.2, -0.15) is 0 Å². The zero-order chi connectivity index (χ0) is 17.2. The number of carbonyl (C=O) groups excluding carboxylic acids is 1. The minimum atomic E-state index is -0.283. The molecule has 4 rings (SSSR count). The second-order valence-corrected chi connectivity index (χ2v) is 6.97. The second-order valence-electron chi connectivity index (χ2n) is 5.83. The topological polar surface area (TPSA) is 46.9 Å². The summed E-state index contributed by atoms with van der Waals surface area (Å²) in [4.78, 5) is 17.9. The van der Waals surface area contributed by atoms with Crippen molar-refractivity contribution in [3.63, 3.8) is 0 Å². The van der Waals surface area contributed by atoms with E-state index in [0.29, 0.717) is 5.69 Å². The van der Waals surface area contributed by atoms with Gasteiger partial charge in [0.2, 0.25) is 0 Å². The van der Waals surface area contributed by atoms with Crippen molar-refractivity contribution in [1.82, 2.24) is 14.9 Å². The van der Waals surface area contributed by atoms with Gasteiger partial charge < -0.3 is 5.32 Å². The average molecular weight is 353 g/mol. The van der Waals surface area contributed by atoms with Crippen LogP contribution < -0.4 is 5.32 Å². The third-order valence-corrected chi connectivity index (χ3v) is 5.34. The van der Waals surface area contributed by atoms with Crippen molar-refractivity contribution in [3.05, 3.63) is 78.1 Å². The van der Waals surface area contributed by atoms with E-state index >= 15 is 0 Å². The highest BCUT2D eigenvalue weighted by atomic mass is 32.2. The van der Waals surface area contributed by atoms with E-state index in [1.807, 2.05) is 30.3 Å². The molecule has 0 spiro atoms. The summed E-state index contributed by atoms with van der Waals surface area (Å²) in [6.45, 7) is 0. The minimum Gasteiger partial charge on any atom is -0.344 e. The second kappa shape index (κ2) is 6.72. The molecule has 1 aliphatic heterocycles. The Morgan fingerprint density at radius 3 is 2.92 bits per heavy atom. The fraction of sp³-hybridized carbons (Fsp3) is 0.158. The lowest BCUT2D eigenvalue weighted by molar-refractivity contribution is 0.0928. The third kappa shape index (κ3) is 3.17. The van der Waals surface area contributed by atoms with Gasteiger partial charge in [0.15, 0.2) is 0 Å². The molecule has 0 saturated heterocycles. The molecule has 0 saturated carbocycles. The molecular weight excluding hydrogens is 337 g/mol. The number of benzene rings is 2. The molecular formula is C19H16FN3OS. The van der Waals surface area contributed by atoms with E-state index in [9.17, 15) is 9.18 Å². The van der Waals surface area contributed by atoms with Crippen LogP contribution in [0.4, 0.5) is 4.39 Å². The first kappa shape index (κ1) is 15.9. The first-order valence-corrected chi connectivity index (χ1v) is 9.02. The number of para-hydroxylation sites is 1. The van der Waals surface area contributed by atoms with Gasteiger partial charge in [0.05, 0.1) is 18.6 Å². The average Bonchev–Trinajstić information content (AvgIpc) is 3.13. The highest BCUT2D eigenvalue weighted by Crippen LogP contribution is 2.36. The largest absolute Gasteiger partial charge is 0.344 e. The predicted octanol–water partition coefficient (Wildman–Crippen LogP) is 3.98. The van der Waals surface area contributed by atoms with Crippen molar-refractivity contribution in [2.75, 3.05) is 5.75 Å². The Morgan fingerprint density at radius 1 is 1.24 bits per heavy atom. The van der Waals surface area contributed by atoms with Gasteiger partial charge in [0.25, 0.3) is 5.91 Å². The van der Waals surface area contributed by atoms with Gasteiger partial charge in [0, 0.05) is 16.3 Å². The number of nitrogens with one attached hydrogen (secondary N) is 1. The molecule has 4 nitrogen and oxygen atoms in total. The van der Waals surface area contributed by atoms with Gasteiger partial charge in [-0.3, -0.25) is 9.36 Å². The summed E-state index contributed by atoms with van der Waals surface area (Å²) in [6, 6.07) is 14.1. The lowest BCUT2D eigenvalue weighted by Gasteiger charge is -2.26. The number of aromatic nitrogens is 2. The first-order valence-electron chi connectivity index (χ1n) is 8.03. The third-order valence-electron chi connectivity index (χ3n) is 4.22. The maximum atomic E-state index is 13.6. The zero-order valence-corrected chi connectivity index (χ0v) is 14.2. The summed E-state index contributed by atoms with van der Waals surface area (Å²) in [7, 11) is 0. The quantitative estimate of drug-likeness (QED) is 0.775. The van der Waals surface area contributed by atoms with Gasteiger partial charge >= 0.3 is 0 Å². The maximum Gasteiger partial charge on any atom is 0.270 e. The van der Waals surface area contributed by atoms with Crippen molar-refractivity contribution in [1.29, 1.82) is 0 Å². The number of hydrogen-bond donors (Lipinski definition) is 1. The molecule has 1 aromatic heterocycles. The molecule has 1 N–H and O–H groups in total. The normalized spacial score (nSPS) is 16.3. The number of amides is 1. The molecule has 1 atom stereocenters. The highest BCUT2D eigenvalue weighted by Gasteiger charge is 2.24. The van der Waals surface area contributed by atoms with Gasteiger partial charge in [-0.25, -0.2) is 9.37 Å². The summed E-state index contributed by atoms with van der Waals surface area (Å²) in [5.74, 6) is 0.393. The number of hydrogen-bond acceptors (Lipinski definition) is 3. The SMILES string of the molecule is O=C(NC1CCSc2ccc(F)cc21)c1cncn1-c1ccccc1. The van der Waals surface area contributed by atoms with Gasteiger partial charge in [0.1, 0.15) is 11.5 Å². The number of thioether (sulfide) groups is 1. The maximum absolute atomic E-state index is 13.6. The van der Waals surface area contributed by atoms with E-state index in [-0.39, 0.29) is 17.8 Å². The molecule has 3 aromatic rings. The van der Waals surface area contributed by atoms with Crippen LogP contribution in [0.15, 0.2) is 66.0 Å². The summed E-state index contributed by atoms with van der Waals surface area (Å²) in [6.07, 6.45) is 3.94. The molecule has 2 heterocycles. The molecule has 1 aliphatic rings. The van der Waals surface area contributed by atoms with Crippen LogP contribution in [0.1, 0.15) is 28.5 Å². The lowest BCUT2D eigenvalue weighted by atomic mass is 10.0. The first-order chi connectivity index (χ1) is 12.2. The van der Waals surface area contributed by atoms with E-state index < -0.39 is 0 Å². The molecule has 1 amide bonds. The Morgan fingerprint density at radius 2 is 2.08 bits per heavy atom. The van der Waals surface area contributed by atoms with Crippen LogP contribution in [0.5, 0.6) is 0 Å². The van der Waals surface area contributed by atoms with E-state index in [1.54, 1.807) is 34.9 Å². The summed E-state index contributed by atoms with van der Waals surface area (Å²) < 4.78 is 15.4. The van der Waals surface area contributed by atoms with E-state index in [0.717, 1.165) is 28.3 Å². The Kier molecular flexibility index (Phi) is 4.28.